The Balaban J connectivity index is 1.93. The van der Waals surface area contributed by atoms with Gasteiger partial charge in [-0.15, -0.1) is 10.2 Å². The number of amides is 2. The molecule has 0 N–H and O–H groups in total. The van der Waals surface area contributed by atoms with Crippen LogP contribution in [0.1, 0.15) is 24.6 Å². The average molecular weight is 281 g/mol. The highest BCUT2D eigenvalue weighted by atomic mass is 16.4. The molecular formula is C13H23N5O2. The van der Waals surface area contributed by atoms with E-state index in [0.29, 0.717) is 18.3 Å². The molecule has 1 fully saturated rings. The molecule has 0 spiro atoms. The molecular weight excluding hydrogens is 258 g/mol. The van der Waals surface area contributed by atoms with E-state index in [1.54, 1.807) is 25.9 Å². The van der Waals surface area contributed by atoms with Crippen molar-refractivity contribution in [2.75, 3.05) is 34.2 Å². The average Bonchev–Trinajstić information content (AvgIpc) is 2.82. The second kappa shape index (κ2) is 6.21. The largest absolute Gasteiger partial charge is 0.424 e. The summed E-state index contributed by atoms with van der Waals surface area (Å²) in [4.78, 5) is 17.7. The minimum absolute atomic E-state index is 0.0467. The second-order valence-corrected chi connectivity index (χ2v) is 5.53. The number of rotatable bonds is 3. The molecule has 1 saturated heterocycles. The topological polar surface area (TPSA) is 65.7 Å². The first-order chi connectivity index (χ1) is 9.47. The van der Waals surface area contributed by atoms with Gasteiger partial charge in [-0.2, -0.15) is 0 Å². The summed E-state index contributed by atoms with van der Waals surface area (Å²) in [6.45, 7) is 4.29. The smallest absolute Gasteiger partial charge is 0.319 e. The van der Waals surface area contributed by atoms with Crippen molar-refractivity contribution in [3.63, 3.8) is 0 Å². The van der Waals surface area contributed by atoms with E-state index in [-0.39, 0.29) is 12.1 Å². The van der Waals surface area contributed by atoms with Crippen LogP contribution in [0.25, 0.3) is 0 Å². The lowest BCUT2D eigenvalue weighted by Crippen LogP contribution is -2.50. The Kier molecular flexibility index (Phi) is 4.59. The Labute approximate surface area is 119 Å². The van der Waals surface area contributed by atoms with Crippen molar-refractivity contribution in [1.82, 2.24) is 24.9 Å². The van der Waals surface area contributed by atoms with Gasteiger partial charge < -0.3 is 14.2 Å². The minimum atomic E-state index is 0.0467. The van der Waals surface area contributed by atoms with Crippen molar-refractivity contribution in [1.29, 1.82) is 0 Å². The van der Waals surface area contributed by atoms with Gasteiger partial charge in [-0.25, -0.2) is 4.79 Å². The second-order valence-electron chi connectivity index (χ2n) is 5.53. The van der Waals surface area contributed by atoms with Crippen LogP contribution in [0.4, 0.5) is 4.79 Å². The Morgan fingerprint density at radius 1 is 1.40 bits per heavy atom. The molecule has 112 valence electrons. The van der Waals surface area contributed by atoms with Crippen molar-refractivity contribution < 1.29 is 9.21 Å². The molecule has 20 heavy (non-hydrogen) atoms. The maximum absolute atomic E-state index is 12.0. The lowest BCUT2D eigenvalue weighted by Gasteiger charge is -2.37. The van der Waals surface area contributed by atoms with Gasteiger partial charge in [-0.05, 0) is 19.4 Å². The number of likely N-dealkylation sites (N-methyl/N-ethyl adjacent to an activating group) is 1. The minimum Gasteiger partial charge on any atom is -0.424 e. The predicted molar refractivity (Wildman–Crippen MR) is 74.2 cm³/mol. The van der Waals surface area contributed by atoms with Crippen LogP contribution in [0.3, 0.4) is 0 Å². The van der Waals surface area contributed by atoms with E-state index < -0.39 is 0 Å². The van der Waals surface area contributed by atoms with Gasteiger partial charge in [-0.1, -0.05) is 0 Å². The summed E-state index contributed by atoms with van der Waals surface area (Å²) in [5.41, 5.74) is 0. The van der Waals surface area contributed by atoms with Gasteiger partial charge in [0, 0.05) is 40.7 Å². The fraction of sp³-hybridized carbons (Fsp3) is 0.769. The van der Waals surface area contributed by atoms with Crippen LogP contribution < -0.4 is 0 Å². The molecule has 7 nitrogen and oxygen atoms in total. The number of likely N-dealkylation sites (tertiary alicyclic amines) is 1. The predicted octanol–water partition coefficient (Wildman–Crippen LogP) is 0.956. The molecule has 7 heteroatoms. The number of carbonyl (C=O) groups is 1. The molecule has 2 amide bonds. The third-order valence-electron chi connectivity index (χ3n) is 3.64. The lowest BCUT2D eigenvalue weighted by molar-refractivity contribution is 0.104. The van der Waals surface area contributed by atoms with E-state index in [1.165, 1.54) is 0 Å². The normalized spacial score (nSPS) is 19.9. The first kappa shape index (κ1) is 14.8. The van der Waals surface area contributed by atoms with Gasteiger partial charge >= 0.3 is 6.03 Å². The number of piperidine rings is 1. The summed E-state index contributed by atoms with van der Waals surface area (Å²) < 4.78 is 5.41. The molecule has 1 unspecified atom stereocenters. The fourth-order valence-electron chi connectivity index (χ4n) is 2.56. The fourth-order valence-corrected chi connectivity index (χ4v) is 2.56. The van der Waals surface area contributed by atoms with Crippen molar-refractivity contribution in [3.8, 4) is 0 Å². The number of hydrogen-bond donors (Lipinski definition) is 0. The Bertz CT molecular complexity index is 459. The zero-order valence-corrected chi connectivity index (χ0v) is 12.7. The van der Waals surface area contributed by atoms with Gasteiger partial charge in [0.1, 0.15) is 0 Å². The van der Waals surface area contributed by atoms with Gasteiger partial charge in [0.15, 0.2) is 0 Å². The highest BCUT2D eigenvalue weighted by molar-refractivity contribution is 5.73. The molecule has 1 aromatic heterocycles. The maximum Gasteiger partial charge on any atom is 0.319 e. The first-order valence-electron chi connectivity index (χ1n) is 6.93. The monoisotopic (exact) mass is 281 g/mol. The molecule has 0 radical (unpaired) electrons. The zero-order valence-electron chi connectivity index (χ0n) is 12.7. The first-order valence-corrected chi connectivity index (χ1v) is 6.93. The molecule has 2 rings (SSSR count). The van der Waals surface area contributed by atoms with Gasteiger partial charge in [0.2, 0.25) is 11.8 Å². The molecule has 1 aromatic rings. The van der Waals surface area contributed by atoms with E-state index >= 15 is 0 Å². The Morgan fingerprint density at radius 3 is 2.75 bits per heavy atom. The molecule has 1 aliphatic rings. The van der Waals surface area contributed by atoms with Gasteiger partial charge in [0.05, 0.1) is 6.54 Å². The lowest BCUT2D eigenvalue weighted by atomic mass is 10.0. The van der Waals surface area contributed by atoms with E-state index in [0.717, 1.165) is 25.9 Å². The number of carbonyl (C=O) groups excluding carboxylic acids is 1. The summed E-state index contributed by atoms with van der Waals surface area (Å²) in [7, 11) is 5.43. The van der Waals surface area contributed by atoms with Crippen molar-refractivity contribution in [2.45, 2.75) is 32.4 Å². The summed E-state index contributed by atoms with van der Waals surface area (Å²) in [6.07, 6.45) is 2.11. The molecule has 1 aliphatic heterocycles. The van der Waals surface area contributed by atoms with Gasteiger partial charge in [-0.3, -0.25) is 4.90 Å². The third kappa shape index (κ3) is 3.47. The molecule has 2 heterocycles. The van der Waals surface area contributed by atoms with Crippen LogP contribution in [0.15, 0.2) is 4.42 Å². The van der Waals surface area contributed by atoms with E-state index in [9.17, 15) is 4.79 Å². The van der Waals surface area contributed by atoms with Gasteiger partial charge in [0.25, 0.3) is 0 Å². The zero-order chi connectivity index (χ0) is 14.7. The van der Waals surface area contributed by atoms with Crippen LogP contribution >= 0.6 is 0 Å². The highest BCUT2D eigenvalue weighted by Crippen LogP contribution is 2.17. The third-order valence-corrected chi connectivity index (χ3v) is 3.64. The van der Waals surface area contributed by atoms with Crippen LogP contribution in [-0.2, 0) is 6.54 Å². The Hall–Kier alpha value is -1.63. The number of aromatic nitrogens is 2. The SMILES string of the molecule is Cc1nnc(CN2CCCC(N(C)C(=O)N(C)C)C2)o1. The number of nitrogens with zero attached hydrogens (tertiary/aromatic N) is 5. The van der Waals surface area contributed by atoms with E-state index in [4.69, 9.17) is 4.42 Å². The molecule has 0 saturated carbocycles. The van der Waals surface area contributed by atoms with Crippen LogP contribution in [0.2, 0.25) is 0 Å². The van der Waals surface area contributed by atoms with Crippen molar-refractivity contribution in [2.24, 2.45) is 0 Å². The standard InChI is InChI=1S/C13H23N5O2/c1-10-14-15-12(20-10)9-18-7-5-6-11(8-18)17(4)13(19)16(2)3/h11H,5-9H2,1-4H3. The summed E-state index contributed by atoms with van der Waals surface area (Å²) in [5, 5.41) is 7.87. The number of aryl methyl sites for hydroxylation is 1. The van der Waals surface area contributed by atoms with Crippen molar-refractivity contribution in [3.05, 3.63) is 11.8 Å². The highest BCUT2D eigenvalue weighted by Gasteiger charge is 2.27. The van der Waals surface area contributed by atoms with Crippen LogP contribution in [0, 0.1) is 6.92 Å². The van der Waals surface area contributed by atoms with Crippen LogP contribution in [0.5, 0.6) is 0 Å². The van der Waals surface area contributed by atoms with Crippen molar-refractivity contribution >= 4 is 6.03 Å². The van der Waals surface area contributed by atoms with Crippen LogP contribution in [-0.4, -0.2) is 71.2 Å². The quantitative estimate of drug-likeness (QED) is 0.825. The molecule has 1 atom stereocenters. The van der Waals surface area contributed by atoms with E-state index in [2.05, 4.69) is 15.1 Å². The maximum atomic E-state index is 12.0. The summed E-state index contributed by atoms with van der Waals surface area (Å²) >= 11 is 0. The molecule has 0 aromatic carbocycles. The molecule has 0 bridgehead atoms. The Morgan fingerprint density at radius 2 is 2.15 bits per heavy atom. The van der Waals surface area contributed by atoms with E-state index in [1.807, 2.05) is 11.9 Å². The summed E-state index contributed by atoms with van der Waals surface area (Å²) in [6, 6.07) is 0.285. The molecule has 0 aliphatic carbocycles. The number of hydrogen-bond acceptors (Lipinski definition) is 5. The summed E-state index contributed by atoms with van der Waals surface area (Å²) in [5.74, 6) is 1.23. The number of urea groups is 1.